The van der Waals surface area contributed by atoms with E-state index >= 15 is 0 Å². The van der Waals surface area contributed by atoms with Crippen LogP contribution in [0, 0.1) is 0 Å². The maximum atomic E-state index is 12.4. The fourth-order valence-corrected chi connectivity index (χ4v) is 4.61. The molecule has 3 rings (SSSR count). The molecule has 0 fully saturated rings. The van der Waals surface area contributed by atoms with E-state index in [9.17, 15) is 13.2 Å². The van der Waals surface area contributed by atoms with E-state index in [1.807, 2.05) is 6.07 Å². The number of hydrogen-bond acceptors (Lipinski definition) is 4. The molecule has 2 N–H and O–H groups in total. The average Bonchev–Trinajstić information content (AvgIpc) is 3.24. The van der Waals surface area contributed by atoms with Crippen molar-refractivity contribution in [1.29, 1.82) is 0 Å². The molecule has 0 bridgehead atoms. The summed E-state index contributed by atoms with van der Waals surface area (Å²) in [6.45, 7) is 0.0336. The Bertz CT molecular complexity index is 978. The molecule has 0 aliphatic carbocycles. The van der Waals surface area contributed by atoms with Crippen molar-refractivity contribution in [3.63, 3.8) is 0 Å². The van der Waals surface area contributed by atoms with Crippen LogP contribution in [0.4, 0.5) is 0 Å². The number of carbonyl (C=O) groups excluding carboxylic acids is 1. The first-order chi connectivity index (χ1) is 12.0. The topological polar surface area (TPSA) is 79.0 Å². The SMILES string of the molecule is O=C(NCCS(=O)(=O)c1ccccc1)c1c[nH]cc1-c1ccc(Cl)s1. The second-order valence-electron chi connectivity index (χ2n) is 5.27. The number of aromatic amines is 1. The fraction of sp³-hybridized carbons (Fsp3) is 0.118. The first-order valence-corrected chi connectivity index (χ1v) is 10.3. The molecular formula is C17H15ClN2O3S2. The molecule has 130 valence electrons. The number of hydrogen-bond donors (Lipinski definition) is 2. The van der Waals surface area contributed by atoms with Crippen LogP contribution in [0.3, 0.4) is 0 Å². The van der Waals surface area contributed by atoms with E-state index in [0.717, 1.165) is 10.4 Å². The number of rotatable bonds is 6. The highest BCUT2D eigenvalue weighted by Gasteiger charge is 2.17. The number of amides is 1. The Labute approximate surface area is 154 Å². The lowest BCUT2D eigenvalue weighted by atomic mass is 10.1. The first-order valence-electron chi connectivity index (χ1n) is 7.46. The van der Waals surface area contributed by atoms with Gasteiger partial charge in [-0.15, -0.1) is 11.3 Å². The Kier molecular flexibility index (Phi) is 5.27. The van der Waals surface area contributed by atoms with Crippen molar-refractivity contribution in [2.45, 2.75) is 4.90 Å². The van der Waals surface area contributed by atoms with E-state index in [0.29, 0.717) is 9.90 Å². The second-order valence-corrected chi connectivity index (χ2v) is 9.10. The van der Waals surface area contributed by atoms with E-state index < -0.39 is 9.84 Å². The summed E-state index contributed by atoms with van der Waals surface area (Å²) in [6.07, 6.45) is 3.31. The van der Waals surface area contributed by atoms with E-state index in [4.69, 9.17) is 11.6 Å². The monoisotopic (exact) mass is 394 g/mol. The summed E-state index contributed by atoms with van der Waals surface area (Å²) in [6, 6.07) is 11.8. The summed E-state index contributed by atoms with van der Waals surface area (Å²) in [5.74, 6) is -0.489. The summed E-state index contributed by atoms with van der Waals surface area (Å²) in [5.41, 5.74) is 1.19. The molecule has 1 amide bonds. The highest BCUT2D eigenvalue weighted by molar-refractivity contribution is 7.91. The predicted molar refractivity (Wildman–Crippen MR) is 99.9 cm³/mol. The molecule has 2 aromatic heterocycles. The third-order valence-electron chi connectivity index (χ3n) is 3.59. The van der Waals surface area contributed by atoms with Gasteiger partial charge in [0.1, 0.15) is 0 Å². The van der Waals surface area contributed by atoms with Gasteiger partial charge in [0.15, 0.2) is 9.84 Å². The van der Waals surface area contributed by atoms with Gasteiger partial charge < -0.3 is 10.3 Å². The minimum atomic E-state index is -3.42. The molecule has 2 heterocycles. The molecule has 1 aromatic carbocycles. The molecule has 0 unspecified atom stereocenters. The van der Waals surface area contributed by atoms with Gasteiger partial charge in [-0.2, -0.15) is 0 Å². The lowest BCUT2D eigenvalue weighted by molar-refractivity contribution is 0.0957. The van der Waals surface area contributed by atoms with Crippen molar-refractivity contribution in [2.24, 2.45) is 0 Å². The zero-order chi connectivity index (χ0) is 17.9. The normalized spacial score (nSPS) is 11.4. The maximum absolute atomic E-state index is 12.4. The molecule has 0 aliphatic heterocycles. The van der Waals surface area contributed by atoms with Gasteiger partial charge in [-0.05, 0) is 24.3 Å². The molecule has 0 atom stereocenters. The van der Waals surface area contributed by atoms with E-state index in [1.165, 1.54) is 11.3 Å². The summed E-state index contributed by atoms with van der Waals surface area (Å²) < 4.78 is 25.1. The Hall–Kier alpha value is -2.09. The van der Waals surface area contributed by atoms with Crippen LogP contribution in [0.25, 0.3) is 10.4 Å². The van der Waals surface area contributed by atoms with Crippen LogP contribution in [-0.4, -0.2) is 31.6 Å². The van der Waals surface area contributed by atoms with Gasteiger partial charge >= 0.3 is 0 Å². The van der Waals surface area contributed by atoms with Crippen LogP contribution < -0.4 is 5.32 Å². The maximum Gasteiger partial charge on any atom is 0.253 e. The molecule has 0 saturated heterocycles. The lowest BCUT2D eigenvalue weighted by Gasteiger charge is -2.07. The van der Waals surface area contributed by atoms with Crippen molar-refractivity contribution in [3.8, 4) is 10.4 Å². The molecule has 25 heavy (non-hydrogen) atoms. The van der Waals surface area contributed by atoms with Gasteiger partial charge in [0.2, 0.25) is 0 Å². The van der Waals surface area contributed by atoms with Crippen molar-refractivity contribution in [3.05, 3.63) is 64.8 Å². The molecule has 3 aromatic rings. The van der Waals surface area contributed by atoms with E-state index in [-0.39, 0.29) is 23.1 Å². The standard InChI is InChI=1S/C17H15ClN2O3S2/c18-16-7-6-15(24-16)13-10-19-11-14(13)17(21)20-8-9-25(22,23)12-4-2-1-3-5-12/h1-7,10-11,19H,8-9H2,(H,20,21). The zero-order valence-electron chi connectivity index (χ0n) is 13.0. The Balaban J connectivity index is 1.65. The van der Waals surface area contributed by atoms with Crippen molar-refractivity contribution >= 4 is 38.7 Å². The third kappa shape index (κ3) is 4.12. The number of carbonyl (C=O) groups is 1. The third-order valence-corrected chi connectivity index (χ3v) is 6.58. The number of thiophene rings is 1. The van der Waals surface area contributed by atoms with E-state index in [2.05, 4.69) is 10.3 Å². The van der Waals surface area contributed by atoms with Crippen molar-refractivity contribution in [1.82, 2.24) is 10.3 Å². The minimum Gasteiger partial charge on any atom is -0.366 e. The van der Waals surface area contributed by atoms with E-state index in [1.54, 1.807) is 48.8 Å². The number of halogens is 1. The van der Waals surface area contributed by atoms with Gasteiger partial charge in [-0.25, -0.2) is 8.42 Å². The first kappa shape index (κ1) is 17.7. The molecule has 5 nitrogen and oxygen atoms in total. The minimum absolute atomic E-state index is 0.0336. The van der Waals surface area contributed by atoms with Crippen LogP contribution in [-0.2, 0) is 9.84 Å². The largest absolute Gasteiger partial charge is 0.366 e. The number of benzene rings is 1. The second kappa shape index (κ2) is 7.43. The fourth-order valence-electron chi connectivity index (χ4n) is 2.35. The van der Waals surface area contributed by atoms with Crippen molar-refractivity contribution in [2.75, 3.05) is 12.3 Å². The number of H-pyrrole nitrogens is 1. The summed E-state index contributed by atoms with van der Waals surface area (Å²) in [4.78, 5) is 16.4. The molecule has 0 saturated carbocycles. The number of sulfone groups is 1. The zero-order valence-corrected chi connectivity index (χ0v) is 15.4. The Morgan fingerprint density at radius 2 is 1.88 bits per heavy atom. The van der Waals surface area contributed by atoms with Crippen molar-refractivity contribution < 1.29 is 13.2 Å². The van der Waals surface area contributed by atoms with Gasteiger partial charge in [0, 0.05) is 29.4 Å². The van der Waals surface area contributed by atoms with Crippen LogP contribution in [0.15, 0.2) is 59.8 Å². The van der Waals surface area contributed by atoms with Crippen LogP contribution in [0.2, 0.25) is 4.34 Å². The van der Waals surface area contributed by atoms with Crippen LogP contribution in [0.5, 0.6) is 0 Å². The quantitative estimate of drug-likeness (QED) is 0.670. The Morgan fingerprint density at radius 1 is 1.12 bits per heavy atom. The molecule has 0 radical (unpaired) electrons. The molecular weight excluding hydrogens is 380 g/mol. The van der Waals surface area contributed by atoms with Gasteiger partial charge in [-0.1, -0.05) is 29.8 Å². The summed E-state index contributed by atoms with van der Waals surface area (Å²) in [7, 11) is -3.42. The molecule has 8 heteroatoms. The highest BCUT2D eigenvalue weighted by atomic mass is 35.5. The smallest absolute Gasteiger partial charge is 0.253 e. The van der Waals surface area contributed by atoms with Gasteiger partial charge in [0.25, 0.3) is 5.91 Å². The highest BCUT2D eigenvalue weighted by Crippen LogP contribution is 2.32. The van der Waals surface area contributed by atoms with Gasteiger partial charge in [0.05, 0.1) is 20.5 Å². The molecule has 0 aliphatic rings. The summed E-state index contributed by atoms with van der Waals surface area (Å²) in [5, 5.41) is 2.66. The molecule has 0 spiro atoms. The number of aromatic nitrogens is 1. The average molecular weight is 395 g/mol. The number of nitrogens with one attached hydrogen (secondary N) is 2. The van der Waals surface area contributed by atoms with Gasteiger partial charge in [-0.3, -0.25) is 4.79 Å². The van der Waals surface area contributed by atoms with Crippen LogP contribution in [0.1, 0.15) is 10.4 Å². The summed E-state index contributed by atoms with van der Waals surface area (Å²) >= 11 is 7.31. The predicted octanol–water partition coefficient (Wildman–Crippen LogP) is 3.60. The Morgan fingerprint density at radius 3 is 2.56 bits per heavy atom. The lowest BCUT2D eigenvalue weighted by Crippen LogP contribution is -2.29. The van der Waals surface area contributed by atoms with Crippen LogP contribution >= 0.6 is 22.9 Å².